The van der Waals surface area contributed by atoms with E-state index in [2.05, 4.69) is 4.98 Å². The highest BCUT2D eigenvalue weighted by Gasteiger charge is 2.22. The highest BCUT2D eigenvalue weighted by Crippen LogP contribution is 2.35. The zero-order valence-corrected chi connectivity index (χ0v) is 11.7. The predicted molar refractivity (Wildman–Crippen MR) is 66.1 cm³/mol. The van der Waals surface area contributed by atoms with E-state index in [0.29, 0.717) is 0 Å². The Morgan fingerprint density at radius 1 is 0.882 bits per heavy atom. The molecule has 6 heteroatoms. The summed E-state index contributed by atoms with van der Waals surface area (Å²) in [5.74, 6) is -3.20. The van der Waals surface area contributed by atoms with Gasteiger partial charge in [-0.1, -0.05) is 27.7 Å². The van der Waals surface area contributed by atoms with Gasteiger partial charge in [0, 0.05) is 10.5 Å². The van der Waals surface area contributed by atoms with Crippen molar-refractivity contribution in [1.82, 2.24) is 4.98 Å². The Morgan fingerprint density at radius 3 is 1.88 bits per heavy atom. The summed E-state index contributed by atoms with van der Waals surface area (Å²) in [5, 5.41) is -0.0569. The van der Waals surface area contributed by atoms with Crippen LogP contribution in [0, 0.1) is 17.6 Å². The molecule has 0 spiro atoms. The number of nitrogens with zero attached hydrogens (tertiary/aromatic N) is 1. The minimum atomic E-state index is -1.24. The zero-order chi connectivity index (χ0) is 13.2. The van der Waals surface area contributed by atoms with E-state index in [9.17, 15) is 13.2 Å². The van der Waals surface area contributed by atoms with Crippen molar-refractivity contribution in [3.05, 3.63) is 17.6 Å². The first-order valence-corrected chi connectivity index (χ1v) is 6.96. The lowest BCUT2D eigenvalue weighted by atomic mass is 10.4. The van der Waals surface area contributed by atoms with Gasteiger partial charge in [0.15, 0.2) is 11.6 Å². The van der Waals surface area contributed by atoms with Crippen molar-refractivity contribution in [3.8, 4) is 0 Å². The SMILES string of the molecule is CC(C)Sc1nc(F)c(F)c(SC(C)C)c1F. The van der Waals surface area contributed by atoms with Crippen LogP contribution in [0.25, 0.3) is 0 Å². The topological polar surface area (TPSA) is 12.9 Å². The first kappa shape index (κ1) is 14.7. The van der Waals surface area contributed by atoms with Gasteiger partial charge in [-0.2, -0.15) is 4.39 Å². The van der Waals surface area contributed by atoms with Crippen LogP contribution in [0.2, 0.25) is 0 Å². The molecular weight excluding hydrogens is 267 g/mol. The van der Waals surface area contributed by atoms with E-state index in [0.717, 1.165) is 23.5 Å². The molecule has 1 aromatic rings. The average Bonchev–Trinajstić information content (AvgIpc) is 2.20. The number of thioether (sulfide) groups is 2. The summed E-state index contributed by atoms with van der Waals surface area (Å²) in [5.41, 5.74) is 0. The summed E-state index contributed by atoms with van der Waals surface area (Å²) in [7, 11) is 0. The molecule has 0 radical (unpaired) electrons. The van der Waals surface area contributed by atoms with Crippen molar-refractivity contribution in [2.75, 3.05) is 0 Å². The molecule has 1 aromatic heterocycles. The number of halogens is 3. The van der Waals surface area contributed by atoms with E-state index in [4.69, 9.17) is 0 Å². The molecule has 0 amide bonds. The Labute approximate surface area is 108 Å². The van der Waals surface area contributed by atoms with Crippen molar-refractivity contribution >= 4 is 23.5 Å². The number of pyridine rings is 1. The van der Waals surface area contributed by atoms with Crippen LogP contribution in [-0.4, -0.2) is 15.5 Å². The first-order valence-electron chi connectivity index (χ1n) is 5.20. The van der Waals surface area contributed by atoms with Gasteiger partial charge in [-0.25, -0.2) is 13.8 Å². The van der Waals surface area contributed by atoms with Crippen molar-refractivity contribution in [3.63, 3.8) is 0 Å². The quantitative estimate of drug-likeness (QED) is 0.596. The second-order valence-electron chi connectivity index (χ2n) is 4.00. The summed E-state index contributed by atoms with van der Waals surface area (Å²) in [6.07, 6.45) is 0. The summed E-state index contributed by atoms with van der Waals surface area (Å²) in [6.45, 7) is 7.25. The number of hydrogen-bond donors (Lipinski definition) is 0. The third kappa shape index (κ3) is 3.81. The number of aromatic nitrogens is 1. The molecule has 0 saturated carbocycles. The summed E-state index contributed by atoms with van der Waals surface area (Å²) >= 11 is 2.05. The van der Waals surface area contributed by atoms with E-state index in [1.165, 1.54) is 0 Å². The van der Waals surface area contributed by atoms with Crippen LogP contribution in [0.3, 0.4) is 0 Å². The molecule has 0 aliphatic rings. The maximum Gasteiger partial charge on any atom is 0.251 e. The molecule has 0 aromatic carbocycles. The van der Waals surface area contributed by atoms with Crippen LogP contribution < -0.4 is 0 Å². The van der Waals surface area contributed by atoms with E-state index in [-0.39, 0.29) is 20.4 Å². The van der Waals surface area contributed by atoms with Crippen molar-refractivity contribution in [2.45, 2.75) is 48.1 Å². The molecule has 1 nitrogen and oxygen atoms in total. The molecule has 17 heavy (non-hydrogen) atoms. The number of hydrogen-bond acceptors (Lipinski definition) is 3. The zero-order valence-electron chi connectivity index (χ0n) is 10.1. The van der Waals surface area contributed by atoms with Gasteiger partial charge >= 0.3 is 0 Å². The van der Waals surface area contributed by atoms with Gasteiger partial charge in [-0.05, 0) is 0 Å². The molecule has 1 heterocycles. The normalized spacial score (nSPS) is 11.6. The Morgan fingerprint density at radius 2 is 1.41 bits per heavy atom. The van der Waals surface area contributed by atoms with Crippen LogP contribution in [0.15, 0.2) is 9.92 Å². The lowest BCUT2D eigenvalue weighted by molar-refractivity contribution is 0.421. The van der Waals surface area contributed by atoms with Crippen LogP contribution >= 0.6 is 23.5 Å². The maximum atomic E-state index is 13.9. The minimum Gasteiger partial charge on any atom is -0.207 e. The monoisotopic (exact) mass is 281 g/mol. The molecule has 0 atom stereocenters. The van der Waals surface area contributed by atoms with Crippen LogP contribution in [0.4, 0.5) is 13.2 Å². The summed E-state index contributed by atoms with van der Waals surface area (Å²) in [4.78, 5) is 3.03. The van der Waals surface area contributed by atoms with Crippen LogP contribution in [-0.2, 0) is 0 Å². The van der Waals surface area contributed by atoms with E-state index in [1.54, 1.807) is 13.8 Å². The Kier molecular flexibility index (Phi) is 5.19. The van der Waals surface area contributed by atoms with Gasteiger partial charge in [0.2, 0.25) is 0 Å². The fourth-order valence-electron chi connectivity index (χ4n) is 1.11. The largest absolute Gasteiger partial charge is 0.251 e. The predicted octanol–water partition coefficient (Wildman–Crippen LogP) is 4.50. The molecule has 0 N–H and O–H groups in total. The van der Waals surface area contributed by atoms with E-state index in [1.807, 2.05) is 13.8 Å². The molecule has 1 rings (SSSR count). The molecular formula is C11H14F3NS2. The fourth-order valence-corrected chi connectivity index (χ4v) is 2.82. The third-order valence-electron chi connectivity index (χ3n) is 1.67. The fraction of sp³-hybridized carbons (Fsp3) is 0.545. The van der Waals surface area contributed by atoms with Crippen molar-refractivity contribution < 1.29 is 13.2 Å². The lowest BCUT2D eigenvalue weighted by Crippen LogP contribution is -2.04. The molecule has 0 fully saturated rings. The van der Waals surface area contributed by atoms with Gasteiger partial charge in [0.05, 0.1) is 4.90 Å². The smallest absolute Gasteiger partial charge is 0.207 e. The van der Waals surface area contributed by atoms with Gasteiger partial charge in [0.25, 0.3) is 5.95 Å². The lowest BCUT2D eigenvalue weighted by Gasteiger charge is -2.11. The Balaban J connectivity index is 3.22. The van der Waals surface area contributed by atoms with Gasteiger partial charge < -0.3 is 0 Å². The van der Waals surface area contributed by atoms with E-state index < -0.39 is 17.6 Å². The molecule has 0 bridgehead atoms. The molecule has 96 valence electrons. The van der Waals surface area contributed by atoms with E-state index >= 15 is 0 Å². The van der Waals surface area contributed by atoms with Gasteiger partial charge in [0.1, 0.15) is 5.03 Å². The Bertz CT molecular complexity index is 408. The summed E-state index contributed by atoms with van der Waals surface area (Å²) < 4.78 is 40.6. The maximum absolute atomic E-state index is 13.9. The molecule has 0 aliphatic heterocycles. The second kappa shape index (κ2) is 6.00. The van der Waals surface area contributed by atoms with Crippen molar-refractivity contribution in [2.24, 2.45) is 0 Å². The highest BCUT2D eigenvalue weighted by atomic mass is 32.2. The number of rotatable bonds is 4. The Hall–Kier alpha value is -0.360. The molecule has 0 saturated heterocycles. The van der Waals surface area contributed by atoms with Crippen LogP contribution in [0.5, 0.6) is 0 Å². The van der Waals surface area contributed by atoms with Gasteiger partial charge in [-0.3, -0.25) is 0 Å². The average molecular weight is 281 g/mol. The first-order chi connectivity index (χ1) is 7.82. The van der Waals surface area contributed by atoms with Crippen molar-refractivity contribution in [1.29, 1.82) is 0 Å². The molecule has 0 aliphatic carbocycles. The van der Waals surface area contributed by atoms with Crippen LogP contribution in [0.1, 0.15) is 27.7 Å². The highest BCUT2D eigenvalue weighted by molar-refractivity contribution is 8.00. The second-order valence-corrected chi connectivity index (χ2v) is 7.15. The third-order valence-corrected chi connectivity index (χ3v) is 3.70. The molecule has 0 unspecified atom stereocenters. The van der Waals surface area contributed by atoms with Gasteiger partial charge in [-0.15, -0.1) is 23.5 Å². The summed E-state index contributed by atoms with van der Waals surface area (Å²) in [6, 6.07) is 0. The standard InChI is InChI=1S/C11H14F3NS2/c1-5(2)16-9-7(12)10(14)15-11(8(9)13)17-6(3)4/h5-6H,1-4H3. The minimum absolute atomic E-state index is 0.0299.